The number of benzene rings is 2. The van der Waals surface area contributed by atoms with E-state index in [0.29, 0.717) is 5.75 Å². The van der Waals surface area contributed by atoms with E-state index < -0.39 is 12.0 Å². The standard InChI is InChI=1S/C17H14F3N3S/c1-23-15(17(18,19)20)21-22-16(23)24-11-12-7-9-14(10-8-12)13-5-3-2-4-6-13/h2-10H,11H2,1H3. The number of rotatable bonds is 4. The molecular formula is C17H14F3N3S. The van der Waals surface area contributed by atoms with Gasteiger partial charge in [0, 0.05) is 12.8 Å². The van der Waals surface area contributed by atoms with Gasteiger partial charge in [-0.25, -0.2) is 0 Å². The molecule has 0 unspecified atom stereocenters. The van der Waals surface area contributed by atoms with E-state index in [2.05, 4.69) is 10.2 Å². The highest BCUT2D eigenvalue weighted by atomic mass is 32.2. The fraction of sp³-hybridized carbons (Fsp3) is 0.176. The largest absolute Gasteiger partial charge is 0.451 e. The Morgan fingerprint density at radius 2 is 1.54 bits per heavy atom. The van der Waals surface area contributed by atoms with Gasteiger partial charge in [-0.15, -0.1) is 10.2 Å². The predicted molar refractivity (Wildman–Crippen MR) is 87.4 cm³/mol. The number of nitrogens with zero attached hydrogens (tertiary/aromatic N) is 3. The second-order valence-electron chi connectivity index (χ2n) is 5.21. The predicted octanol–water partition coefficient (Wildman–Crippen LogP) is 4.79. The summed E-state index contributed by atoms with van der Waals surface area (Å²) in [5.74, 6) is -0.455. The van der Waals surface area contributed by atoms with E-state index in [0.717, 1.165) is 21.3 Å². The molecule has 0 radical (unpaired) electrons. The second-order valence-corrected chi connectivity index (χ2v) is 6.16. The Morgan fingerprint density at radius 3 is 2.12 bits per heavy atom. The quantitative estimate of drug-likeness (QED) is 0.634. The first-order valence-electron chi connectivity index (χ1n) is 7.19. The van der Waals surface area contributed by atoms with Crippen molar-refractivity contribution in [1.82, 2.24) is 14.8 Å². The van der Waals surface area contributed by atoms with E-state index in [-0.39, 0.29) is 5.16 Å². The molecule has 2 aromatic carbocycles. The number of hydrogen-bond donors (Lipinski definition) is 0. The van der Waals surface area contributed by atoms with Crippen LogP contribution < -0.4 is 0 Å². The van der Waals surface area contributed by atoms with Crippen molar-refractivity contribution >= 4 is 11.8 Å². The van der Waals surface area contributed by atoms with Crippen LogP contribution in [0.2, 0.25) is 0 Å². The van der Waals surface area contributed by atoms with E-state index in [1.807, 2.05) is 54.6 Å². The Balaban J connectivity index is 1.69. The van der Waals surface area contributed by atoms with Crippen LogP contribution in [0.5, 0.6) is 0 Å². The van der Waals surface area contributed by atoms with Crippen molar-refractivity contribution in [2.75, 3.05) is 0 Å². The minimum Gasteiger partial charge on any atom is -0.302 e. The van der Waals surface area contributed by atoms with Gasteiger partial charge in [-0.2, -0.15) is 13.2 Å². The highest BCUT2D eigenvalue weighted by Crippen LogP contribution is 2.30. The fourth-order valence-electron chi connectivity index (χ4n) is 2.26. The molecule has 7 heteroatoms. The van der Waals surface area contributed by atoms with Gasteiger partial charge in [-0.1, -0.05) is 66.4 Å². The third-order valence-electron chi connectivity index (χ3n) is 3.52. The Bertz CT molecular complexity index is 811. The number of halogens is 3. The van der Waals surface area contributed by atoms with E-state index in [4.69, 9.17) is 0 Å². The molecule has 0 amide bonds. The summed E-state index contributed by atoms with van der Waals surface area (Å²) < 4.78 is 39.1. The summed E-state index contributed by atoms with van der Waals surface area (Å²) in [4.78, 5) is 0. The molecule has 1 heterocycles. The SMILES string of the molecule is Cn1c(SCc2ccc(-c3ccccc3)cc2)nnc1C(F)(F)F. The average molecular weight is 349 g/mol. The van der Waals surface area contributed by atoms with Crippen molar-refractivity contribution < 1.29 is 13.2 Å². The van der Waals surface area contributed by atoms with Crippen LogP contribution in [0.25, 0.3) is 11.1 Å². The highest BCUT2D eigenvalue weighted by molar-refractivity contribution is 7.98. The zero-order valence-electron chi connectivity index (χ0n) is 12.8. The number of hydrogen-bond acceptors (Lipinski definition) is 3. The van der Waals surface area contributed by atoms with E-state index >= 15 is 0 Å². The molecule has 0 spiro atoms. The maximum absolute atomic E-state index is 12.7. The Hall–Kier alpha value is -2.28. The Kier molecular flexibility index (Phi) is 4.62. The van der Waals surface area contributed by atoms with Crippen molar-refractivity contribution in [3.8, 4) is 11.1 Å². The summed E-state index contributed by atoms with van der Waals surface area (Å²) in [6.45, 7) is 0. The van der Waals surface area contributed by atoms with Crippen LogP contribution in [-0.4, -0.2) is 14.8 Å². The van der Waals surface area contributed by atoms with Gasteiger partial charge in [-0.3, -0.25) is 0 Å². The molecule has 0 aliphatic carbocycles. The lowest BCUT2D eigenvalue weighted by Crippen LogP contribution is -2.12. The summed E-state index contributed by atoms with van der Waals surface area (Å²) >= 11 is 1.23. The molecule has 124 valence electrons. The first-order valence-corrected chi connectivity index (χ1v) is 8.17. The maximum atomic E-state index is 12.7. The lowest BCUT2D eigenvalue weighted by molar-refractivity contribution is -0.147. The molecule has 0 saturated heterocycles. The summed E-state index contributed by atoms with van der Waals surface area (Å²) in [6, 6.07) is 17.9. The molecule has 0 aliphatic rings. The smallest absolute Gasteiger partial charge is 0.302 e. The lowest BCUT2D eigenvalue weighted by atomic mass is 10.0. The van der Waals surface area contributed by atoms with Crippen molar-refractivity contribution in [2.45, 2.75) is 17.1 Å². The normalized spacial score (nSPS) is 11.7. The van der Waals surface area contributed by atoms with Crippen LogP contribution >= 0.6 is 11.8 Å². The molecule has 3 nitrogen and oxygen atoms in total. The summed E-state index contributed by atoms with van der Waals surface area (Å²) in [5, 5.41) is 7.08. The van der Waals surface area contributed by atoms with Crippen molar-refractivity contribution in [3.05, 3.63) is 66.0 Å². The summed E-state index contributed by atoms with van der Waals surface area (Å²) in [6.07, 6.45) is -4.49. The highest BCUT2D eigenvalue weighted by Gasteiger charge is 2.37. The maximum Gasteiger partial charge on any atom is 0.451 e. The molecular weight excluding hydrogens is 335 g/mol. The van der Waals surface area contributed by atoms with Crippen LogP contribution in [0.15, 0.2) is 59.8 Å². The van der Waals surface area contributed by atoms with Gasteiger partial charge >= 0.3 is 6.18 Å². The first-order chi connectivity index (χ1) is 11.4. The molecule has 0 fully saturated rings. The van der Waals surface area contributed by atoms with Crippen LogP contribution in [0.1, 0.15) is 11.4 Å². The fourth-order valence-corrected chi connectivity index (χ4v) is 3.13. The van der Waals surface area contributed by atoms with E-state index in [1.54, 1.807) is 0 Å². The zero-order chi connectivity index (χ0) is 17.2. The van der Waals surface area contributed by atoms with E-state index in [1.165, 1.54) is 18.8 Å². The van der Waals surface area contributed by atoms with Crippen molar-refractivity contribution in [2.24, 2.45) is 7.05 Å². The van der Waals surface area contributed by atoms with Crippen molar-refractivity contribution in [1.29, 1.82) is 0 Å². The van der Waals surface area contributed by atoms with Crippen LogP contribution in [0.3, 0.4) is 0 Å². The second kappa shape index (κ2) is 6.68. The van der Waals surface area contributed by atoms with Gasteiger partial charge in [0.1, 0.15) is 0 Å². The lowest BCUT2D eigenvalue weighted by Gasteiger charge is -2.07. The molecule has 1 aromatic heterocycles. The van der Waals surface area contributed by atoms with Gasteiger partial charge < -0.3 is 4.57 Å². The molecule has 24 heavy (non-hydrogen) atoms. The molecule has 3 aromatic rings. The topological polar surface area (TPSA) is 30.7 Å². The monoisotopic (exact) mass is 349 g/mol. The first kappa shape index (κ1) is 16.6. The minimum atomic E-state index is -4.49. The summed E-state index contributed by atoms with van der Waals surface area (Å²) in [5.41, 5.74) is 3.23. The molecule has 3 rings (SSSR count). The average Bonchev–Trinajstić information content (AvgIpc) is 2.95. The zero-order valence-corrected chi connectivity index (χ0v) is 13.6. The molecule has 0 atom stereocenters. The Labute approximate surface area is 141 Å². The van der Waals surface area contributed by atoms with Gasteiger partial charge in [-0.05, 0) is 16.7 Å². The summed E-state index contributed by atoms with van der Waals surface area (Å²) in [7, 11) is 1.32. The third-order valence-corrected chi connectivity index (χ3v) is 4.61. The van der Waals surface area contributed by atoms with Gasteiger partial charge in [0.2, 0.25) is 5.82 Å². The number of aromatic nitrogens is 3. The third kappa shape index (κ3) is 3.62. The molecule has 0 aliphatic heterocycles. The number of thioether (sulfide) groups is 1. The minimum absolute atomic E-state index is 0.245. The van der Waals surface area contributed by atoms with Crippen LogP contribution in [0.4, 0.5) is 13.2 Å². The van der Waals surface area contributed by atoms with Gasteiger partial charge in [0.25, 0.3) is 0 Å². The molecule has 0 saturated carbocycles. The van der Waals surface area contributed by atoms with Crippen molar-refractivity contribution in [3.63, 3.8) is 0 Å². The van der Waals surface area contributed by atoms with Gasteiger partial charge in [0.15, 0.2) is 5.16 Å². The molecule has 0 N–H and O–H groups in total. The van der Waals surface area contributed by atoms with Crippen LogP contribution in [0, 0.1) is 0 Å². The Morgan fingerprint density at radius 1 is 0.917 bits per heavy atom. The van der Waals surface area contributed by atoms with E-state index in [9.17, 15) is 13.2 Å². The number of alkyl halides is 3. The molecule has 0 bridgehead atoms. The van der Waals surface area contributed by atoms with Crippen LogP contribution in [-0.2, 0) is 19.0 Å². The van der Waals surface area contributed by atoms with Gasteiger partial charge in [0.05, 0.1) is 0 Å².